The van der Waals surface area contributed by atoms with Crippen molar-refractivity contribution in [2.75, 3.05) is 11.9 Å². The largest absolute Gasteiger partial charge is 0.326 e. The molecule has 1 heterocycles. The fraction of sp³-hybridized carbons (Fsp3) is 0.250. The van der Waals surface area contributed by atoms with Crippen molar-refractivity contribution in [3.63, 3.8) is 0 Å². The van der Waals surface area contributed by atoms with Gasteiger partial charge in [0.2, 0.25) is 5.91 Å². The van der Waals surface area contributed by atoms with E-state index in [4.69, 9.17) is 0 Å². The highest BCUT2D eigenvalue weighted by molar-refractivity contribution is 6.07. The van der Waals surface area contributed by atoms with Crippen LogP contribution in [0.15, 0.2) is 54.6 Å². The Hall–Kier alpha value is -3.15. The number of benzene rings is 2. The predicted octanol–water partition coefficient (Wildman–Crippen LogP) is 2.49. The van der Waals surface area contributed by atoms with Crippen LogP contribution in [0.4, 0.5) is 10.5 Å². The molecule has 6 heteroatoms. The summed E-state index contributed by atoms with van der Waals surface area (Å²) >= 11 is 0. The summed E-state index contributed by atoms with van der Waals surface area (Å²) in [6.45, 7) is 1.63. The molecule has 0 radical (unpaired) electrons. The summed E-state index contributed by atoms with van der Waals surface area (Å²) in [5, 5.41) is 5.37. The summed E-state index contributed by atoms with van der Waals surface area (Å²) in [6, 6.07) is 16.0. The van der Waals surface area contributed by atoms with E-state index in [2.05, 4.69) is 10.6 Å². The fourth-order valence-corrected chi connectivity index (χ4v) is 2.94. The maximum atomic E-state index is 12.4. The van der Waals surface area contributed by atoms with Crippen LogP contribution in [0.1, 0.15) is 17.5 Å². The zero-order chi connectivity index (χ0) is 18.5. The first-order valence-electron chi connectivity index (χ1n) is 8.55. The van der Waals surface area contributed by atoms with E-state index >= 15 is 0 Å². The van der Waals surface area contributed by atoms with Crippen molar-refractivity contribution in [1.82, 2.24) is 10.2 Å². The second-order valence-electron chi connectivity index (χ2n) is 6.37. The Morgan fingerprint density at radius 1 is 1.12 bits per heavy atom. The lowest BCUT2D eigenvalue weighted by Crippen LogP contribution is -2.38. The zero-order valence-electron chi connectivity index (χ0n) is 14.6. The third kappa shape index (κ3) is 4.27. The van der Waals surface area contributed by atoms with Crippen LogP contribution < -0.4 is 10.6 Å². The number of nitrogens with zero attached hydrogens (tertiary/aromatic N) is 1. The third-order valence-electron chi connectivity index (χ3n) is 4.28. The molecule has 1 aliphatic heterocycles. The van der Waals surface area contributed by atoms with Crippen molar-refractivity contribution in [2.24, 2.45) is 0 Å². The molecule has 0 unspecified atom stereocenters. The number of carbonyl (C=O) groups excluding carboxylic acids is 3. The van der Waals surface area contributed by atoms with E-state index in [1.807, 2.05) is 55.5 Å². The smallest absolute Gasteiger partial charge is 0.325 e. The van der Waals surface area contributed by atoms with Crippen LogP contribution in [0.2, 0.25) is 0 Å². The Bertz CT molecular complexity index is 820. The van der Waals surface area contributed by atoms with E-state index in [0.717, 1.165) is 16.0 Å². The average Bonchev–Trinajstić information content (AvgIpc) is 2.88. The molecule has 1 atom stereocenters. The number of nitrogens with one attached hydrogen (secondary N) is 2. The molecule has 1 fully saturated rings. The molecule has 4 amide bonds. The lowest BCUT2D eigenvalue weighted by atomic mass is 10.1. The third-order valence-corrected chi connectivity index (χ3v) is 4.28. The van der Waals surface area contributed by atoms with Gasteiger partial charge < -0.3 is 10.6 Å². The van der Waals surface area contributed by atoms with E-state index in [1.54, 1.807) is 6.07 Å². The second-order valence-corrected chi connectivity index (χ2v) is 6.37. The molecule has 0 saturated carbocycles. The van der Waals surface area contributed by atoms with Crippen LogP contribution in [0.5, 0.6) is 0 Å². The highest BCUT2D eigenvalue weighted by Gasteiger charge is 2.38. The number of anilines is 1. The van der Waals surface area contributed by atoms with Crippen LogP contribution in [0.3, 0.4) is 0 Å². The molecule has 2 aromatic rings. The molecule has 0 bridgehead atoms. The molecule has 0 spiro atoms. The molecule has 0 aliphatic carbocycles. The van der Waals surface area contributed by atoms with Crippen LogP contribution >= 0.6 is 0 Å². The fourth-order valence-electron chi connectivity index (χ4n) is 2.94. The number of aryl methyl sites for hydroxylation is 2. The molecule has 0 aromatic heterocycles. The molecule has 1 aliphatic rings. The molecule has 1 saturated heterocycles. The van der Waals surface area contributed by atoms with Gasteiger partial charge in [0.25, 0.3) is 5.91 Å². The van der Waals surface area contributed by atoms with E-state index in [-0.39, 0.29) is 12.5 Å². The Balaban J connectivity index is 1.55. The number of amides is 4. The normalized spacial score (nSPS) is 16.5. The van der Waals surface area contributed by atoms with Crippen LogP contribution in [-0.4, -0.2) is 35.3 Å². The maximum absolute atomic E-state index is 12.4. The van der Waals surface area contributed by atoms with Gasteiger partial charge in [-0.2, -0.15) is 0 Å². The van der Waals surface area contributed by atoms with Crippen molar-refractivity contribution >= 4 is 23.5 Å². The number of hydrogen-bond acceptors (Lipinski definition) is 3. The van der Waals surface area contributed by atoms with Crippen LogP contribution in [0, 0.1) is 6.92 Å². The summed E-state index contributed by atoms with van der Waals surface area (Å²) < 4.78 is 0. The number of rotatable bonds is 6. The minimum Gasteiger partial charge on any atom is -0.326 e. The predicted molar refractivity (Wildman–Crippen MR) is 98.6 cm³/mol. The highest BCUT2D eigenvalue weighted by Crippen LogP contribution is 2.14. The zero-order valence-corrected chi connectivity index (χ0v) is 14.6. The lowest BCUT2D eigenvalue weighted by molar-refractivity contribution is -0.130. The Morgan fingerprint density at radius 2 is 1.88 bits per heavy atom. The summed E-state index contributed by atoms with van der Waals surface area (Å²) in [5.41, 5.74) is 2.76. The van der Waals surface area contributed by atoms with Gasteiger partial charge in [-0.3, -0.25) is 14.5 Å². The summed E-state index contributed by atoms with van der Waals surface area (Å²) in [5.74, 6) is -0.756. The van der Waals surface area contributed by atoms with Crippen molar-refractivity contribution in [1.29, 1.82) is 0 Å². The molecular formula is C20H21N3O3. The number of urea groups is 1. The van der Waals surface area contributed by atoms with E-state index in [9.17, 15) is 14.4 Å². The number of imide groups is 1. The minimum absolute atomic E-state index is 0.291. The Kier molecular flexibility index (Phi) is 5.31. The van der Waals surface area contributed by atoms with Crippen molar-refractivity contribution in [3.05, 3.63) is 65.7 Å². The van der Waals surface area contributed by atoms with Gasteiger partial charge in [0.1, 0.15) is 12.6 Å². The quantitative estimate of drug-likeness (QED) is 0.785. The van der Waals surface area contributed by atoms with E-state index in [0.29, 0.717) is 18.5 Å². The van der Waals surface area contributed by atoms with Gasteiger partial charge in [-0.1, -0.05) is 42.5 Å². The molecule has 2 aromatic carbocycles. The SMILES string of the molecule is Cc1cccc(NC(=O)CN2C(=O)N[C@@H](CCc3ccccc3)C2=O)c1. The number of hydrogen-bond donors (Lipinski definition) is 2. The first-order chi connectivity index (χ1) is 12.5. The summed E-state index contributed by atoms with van der Waals surface area (Å²) in [7, 11) is 0. The van der Waals surface area contributed by atoms with Gasteiger partial charge >= 0.3 is 6.03 Å². The Morgan fingerprint density at radius 3 is 2.62 bits per heavy atom. The summed E-state index contributed by atoms with van der Waals surface area (Å²) in [4.78, 5) is 37.6. The van der Waals surface area contributed by atoms with Gasteiger partial charge in [0.15, 0.2) is 0 Å². The first-order valence-corrected chi connectivity index (χ1v) is 8.55. The van der Waals surface area contributed by atoms with E-state index < -0.39 is 18.0 Å². The average molecular weight is 351 g/mol. The van der Waals surface area contributed by atoms with Gasteiger partial charge in [-0.25, -0.2) is 4.79 Å². The van der Waals surface area contributed by atoms with Crippen molar-refractivity contribution < 1.29 is 14.4 Å². The minimum atomic E-state index is -0.588. The maximum Gasteiger partial charge on any atom is 0.325 e. The van der Waals surface area contributed by atoms with Crippen molar-refractivity contribution in [2.45, 2.75) is 25.8 Å². The molecule has 26 heavy (non-hydrogen) atoms. The van der Waals surface area contributed by atoms with Crippen LogP contribution in [0.25, 0.3) is 0 Å². The van der Waals surface area contributed by atoms with E-state index in [1.165, 1.54) is 0 Å². The van der Waals surface area contributed by atoms with Crippen molar-refractivity contribution in [3.8, 4) is 0 Å². The Labute approximate surface area is 152 Å². The van der Waals surface area contributed by atoms with Gasteiger partial charge in [0, 0.05) is 5.69 Å². The topological polar surface area (TPSA) is 78.5 Å². The molecule has 6 nitrogen and oxygen atoms in total. The molecular weight excluding hydrogens is 330 g/mol. The number of carbonyl (C=O) groups is 3. The van der Waals surface area contributed by atoms with Crippen LogP contribution in [-0.2, 0) is 16.0 Å². The van der Waals surface area contributed by atoms with Gasteiger partial charge in [-0.05, 0) is 43.0 Å². The molecule has 2 N–H and O–H groups in total. The molecule has 134 valence electrons. The standard InChI is InChI=1S/C20H21N3O3/c1-14-6-5-9-16(12-14)21-18(24)13-23-19(25)17(22-20(23)26)11-10-15-7-3-2-4-8-15/h2-9,12,17H,10-11,13H2,1H3,(H,21,24)(H,22,26)/t17-/m0/s1. The highest BCUT2D eigenvalue weighted by atomic mass is 16.2. The first kappa shape index (κ1) is 17.7. The van der Waals surface area contributed by atoms with Gasteiger partial charge in [0.05, 0.1) is 0 Å². The monoisotopic (exact) mass is 351 g/mol. The second kappa shape index (κ2) is 7.82. The van der Waals surface area contributed by atoms with Gasteiger partial charge in [-0.15, -0.1) is 0 Å². The molecule has 3 rings (SSSR count). The lowest BCUT2D eigenvalue weighted by Gasteiger charge is -2.13. The summed E-state index contributed by atoms with van der Waals surface area (Å²) in [6.07, 6.45) is 1.19.